The molecule has 3 amide bonds. The van der Waals surface area contributed by atoms with Crippen molar-refractivity contribution in [3.05, 3.63) is 23.8 Å². The maximum Gasteiger partial charge on any atom is 0.573 e. The zero-order chi connectivity index (χ0) is 22.8. The molecule has 0 unspecified atom stereocenters. The van der Waals surface area contributed by atoms with Crippen LogP contribution in [0.4, 0.5) is 22.8 Å². The fourth-order valence-electron chi connectivity index (χ4n) is 3.34. The van der Waals surface area contributed by atoms with Gasteiger partial charge in [-0.3, -0.25) is 0 Å². The summed E-state index contributed by atoms with van der Waals surface area (Å²) >= 11 is 0. The van der Waals surface area contributed by atoms with Crippen LogP contribution in [0.15, 0.2) is 18.2 Å². The summed E-state index contributed by atoms with van der Waals surface area (Å²) < 4.78 is 52.5. The Bertz CT molecular complexity index is 817. The van der Waals surface area contributed by atoms with Gasteiger partial charge in [0.2, 0.25) is 0 Å². The van der Waals surface area contributed by atoms with Gasteiger partial charge in [-0.15, -0.1) is 13.2 Å². The first-order valence-corrected chi connectivity index (χ1v) is 9.94. The number of piperazine rings is 1. The van der Waals surface area contributed by atoms with Gasteiger partial charge in [-0.1, -0.05) is 0 Å². The van der Waals surface area contributed by atoms with E-state index in [4.69, 9.17) is 9.47 Å². The molecule has 0 bridgehead atoms. The molecule has 172 valence electrons. The third-order valence-corrected chi connectivity index (χ3v) is 4.72. The number of fused-ring (bicyclic) bond motifs is 1. The van der Waals surface area contributed by atoms with Crippen molar-refractivity contribution in [3.8, 4) is 11.5 Å². The molecule has 1 saturated heterocycles. The van der Waals surface area contributed by atoms with E-state index in [2.05, 4.69) is 4.74 Å². The van der Waals surface area contributed by atoms with Gasteiger partial charge in [0.15, 0.2) is 0 Å². The number of urea groups is 1. The third-order valence-electron chi connectivity index (χ3n) is 4.72. The number of alkyl halides is 3. The summed E-state index contributed by atoms with van der Waals surface area (Å²) in [5.74, 6) is 0.0506. The highest BCUT2D eigenvalue weighted by Crippen LogP contribution is 2.31. The molecule has 2 aliphatic heterocycles. The lowest BCUT2D eigenvalue weighted by atomic mass is 10.2. The Hall–Kier alpha value is -2.85. The van der Waals surface area contributed by atoms with E-state index in [0.29, 0.717) is 37.5 Å². The van der Waals surface area contributed by atoms with Crippen molar-refractivity contribution in [2.75, 3.05) is 39.3 Å². The molecule has 0 saturated carbocycles. The minimum absolute atomic E-state index is 0.0928. The minimum atomic E-state index is -4.80. The largest absolute Gasteiger partial charge is 0.573 e. The van der Waals surface area contributed by atoms with E-state index < -0.39 is 18.1 Å². The fraction of sp³-hybridized carbons (Fsp3) is 0.600. The van der Waals surface area contributed by atoms with E-state index in [0.717, 1.165) is 0 Å². The molecule has 0 spiro atoms. The fourth-order valence-corrected chi connectivity index (χ4v) is 3.34. The first-order valence-electron chi connectivity index (χ1n) is 9.94. The van der Waals surface area contributed by atoms with Gasteiger partial charge in [-0.25, -0.2) is 9.59 Å². The minimum Gasteiger partial charge on any atom is -0.491 e. The van der Waals surface area contributed by atoms with Crippen LogP contribution >= 0.6 is 0 Å². The van der Waals surface area contributed by atoms with Crippen molar-refractivity contribution < 1.29 is 37.0 Å². The number of amides is 3. The van der Waals surface area contributed by atoms with E-state index in [1.807, 2.05) is 0 Å². The zero-order valence-electron chi connectivity index (χ0n) is 17.7. The molecule has 0 aromatic heterocycles. The van der Waals surface area contributed by atoms with Crippen LogP contribution in [0.5, 0.6) is 11.5 Å². The van der Waals surface area contributed by atoms with E-state index in [1.165, 1.54) is 23.1 Å². The Morgan fingerprint density at radius 2 is 1.61 bits per heavy atom. The Morgan fingerprint density at radius 3 is 2.23 bits per heavy atom. The number of hydrogen-bond donors (Lipinski definition) is 0. The molecule has 1 aromatic rings. The van der Waals surface area contributed by atoms with Gasteiger partial charge in [0.25, 0.3) is 0 Å². The molecule has 31 heavy (non-hydrogen) atoms. The van der Waals surface area contributed by atoms with Crippen molar-refractivity contribution >= 4 is 12.1 Å². The average molecular weight is 445 g/mol. The van der Waals surface area contributed by atoms with Crippen LogP contribution in [-0.2, 0) is 11.3 Å². The van der Waals surface area contributed by atoms with Crippen molar-refractivity contribution in [2.24, 2.45) is 0 Å². The molecular formula is C20H26F3N3O5. The van der Waals surface area contributed by atoms with Crippen LogP contribution in [0.25, 0.3) is 0 Å². The van der Waals surface area contributed by atoms with Crippen LogP contribution in [0.2, 0.25) is 0 Å². The zero-order valence-corrected chi connectivity index (χ0v) is 17.7. The highest BCUT2D eigenvalue weighted by Gasteiger charge is 2.33. The highest BCUT2D eigenvalue weighted by atomic mass is 19.4. The smallest absolute Gasteiger partial charge is 0.491 e. The van der Waals surface area contributed by atoms with Gasteiger partial charge in [0.05, 0.1) is 13.1 Å². The maximum absolute atomic E-state index is 13.0. The topological polar surface area (TPSA) is 71.6 Å². The number of nitrogens with zero attached hydrogens (tertiary/aromatic N) is 3. The second kappa shape index (κ2) is 8.72. The molecule has 0 aliphatic carbocycles. The van der Waals surface area contributed by atoms with Gasteiger partial charge >= 0.3 is 18.5 Å². The van der Waals surface area contributed by atoms with Crippen LogP contribution in [0.1, 0.15) is 26.3 Å². The first-order chi connectivity index (χ1) is 14.4. The molecule has 11 heteroatoms. The molecule has 0 radical (unpaired) electrons. The quantitative estimate of drug-likeness (QED) is 0.662. The number of rotatable bonds is 1. The van der Waals surface area contributed by atoms with E-state index in [9.17, 15) is 22.8 Å². The number of halogens is 3. The SMILES string of the molecule is CC(C)(C)OC(=O)N1CCN(C(=O)N2CCOc3ccc(OC(F)(F)F)cc3C2)CC1. The molecule has 2 aliphatic rings. The van der Waals surface area contributed by atoms with Gasteiger partial charge in [-0.05, 0) is 39.0 Å². The average Bonchev–Trinajstić information content (AvgIpc) is 2.87. The van der Waals surface area contributed by atoms with Crippen LogP contribution in [0.3, 0.4) is 0 Å². The molecule has 0 atom stereocenters. The van der Waals surface area contributed by atoms with Crippen LogP contribution in [-0.4, -0.2) is 78.1 Å². The Balaban J connectivity index is 1.62. The van der Waals surface area contributed by atoms with Gasteiger partial charge in [0, 0.05) is 31.7 Å². The van der Waals surface area contributed by atoms with Crippen molar-refractivity contribution in [3.63, 3.8) is 0 Å². The number of carbonyl (C=O) groups is 2. The monoisotopic (exact) mass is 445 g/mol. The van der Waals surface area contributed by atoms with Gasteiger partial charge in [0.1, 0.15) is 23.7 Å². The molecule has 0 N–H and O–H groups in total. The second-order valence-corrected chi connectivity index (χ2v) is 8.32. The van der Waals surface area contributed by atoms with E-state index >= 15 is 0 Å². The normalized spacial score (nSPS) is 17.4. The molecular weight excluding hydrogens is 419 g/mol. The summed E-state index contributed by atoms with van der Waals surface area (Å²) in [5, 5.41) is 0. The highest BCUT2D eigenvalue weighted by molar-refractivity contribution is 5.75. The summed E-state index contributed by atoms with van der Waals surface area (Å²) in [4.78, 5) is 29.9. The number of hydrogen-bond acceptors (Lipinski definition) is 5. The number of carbonyl (C=O) groups excluding carboxylic acids is 2. The Morgan fingerprint density at radius 1 is 0.968 bits per heavy atom. The Kier molecular flexibility index (Phi) is 6.42. The lowest BCUT2D eigenvalue weighted by molar-refractivity contribution is -0.274. The summed E-state index contributed by atoms with van der Waals surface area (Å²) in [7, 11) is 0. The van der Waals surface area contributed by atoms with Crippen LogP contribution in [0, 0.1) is 0 Å². The summed E-state index contributed by atoms with van der Waals surface area (Å²) in [5.41, 5.74) is -0.168. The standard InChI is InChI=1S/C20H26F3N3O5/c1-19(2,3)31-18(28)25-8-6-24(7-9-25)17(27)26-10-11-29-16-5-4-15(12-14(16)13-26)30-20(21,22)23/h4-5,12H,6-11,13H2,1-3H3. The van der Waals surface area contributed by atoms with Crippen molar-refractivity contribution in [2.45, 2.75) is 39.3 Å². The summed E-state index contributed by atoms with van der Waals surface area (Å²) in [6.45, 7) is 7.30. The van der Waals surface area contributed by atoms with E-state index in [1.54, 1.807) is 30.6 Å². The van der Waals surface area contributed by atoms with E-state index in [-0.39, 0.29) is 31.5 Å². The van der Waals surface area contributed by atoms with Crippen molar-refractivity contribution in [1.29, 1.82) is 0 Å². The van der Waals surface area contributed by atoms with Crippen molar-refractivity contribution in [1.82, 2.24) is 14.7 Å². The molecule has 8 nitrogen and oxygen atoms in total. The van der Waals surface area contributed by atoms with Gasteiger partial charge in [-0.2, -0.15) is 0 Å². The summed E-state index contributed by atoms with van der Waals surface area (Å²) in [6, 6.07) is 3.56. The van der Waals surface area contributed by atoms with Gasteiger partial charge < -0.3 is 28.9 Å². The predicted octanol–water partition coefficient (Wildman–Crippen LogP) is 3.45. The molecule has 1 aromatic carbocycles. The summed E-state index contributed by atoms with van der Waals surface area (Å²) in [6.07, 6.45) is -5.22. The number of benzene rings is 1. The molecule has 1 fully saturated rings. The Labute approximate surface area is 178 Å². The predicted molar refractivity (Wildman–Crippen MR) is 104 cm³/mol. The second-order valence-electron chi connectivity index (χ2n) is 8.32. The lowest BCUT2D eigenvalue weighted by Gasteiger charge is -2.37. The number of ether oxygens (including phenoxy) is 3. The molecule has 3 rings (SSSR count). The third kappa shape index (κ3) is 6.31. The van der Waals surface area contributed by atoms with Crippen LogP contribution < -0.4 is 9.47 Å². The lowest BCUT2D eigenvalue weighted by Crippen LogP contribution is -2.54. The first kappa shape index (κ1) is 22.8. The maximum atomic E-state index is 13.0. The molecule has 2 heterocycles.